The van der Waals surface area contributed by atoms with Crippen molar-refractivity contribution in [1.82, 2.24) is 20.0 Å². The van der Waals surface area contributed by atoms with E-state index in [4.69, 9.17) is 10.2 Å². The number of hydrogen-bond acceptors (Lipinski definition) is 5. The fourth-order valence-electron chi connectivity index (χ4n) is 2.13. The van der Waals surface area contributed by atoms with Gasteiger partial charge in [0.1, 0.15) is 5.82 Å². The predicted molar refractivity (Wildman–Crippen MR) is 71.3 cm³/mol. The molecule has 0 aliphatic heterocycles. The van der Waals surface area contributed by atoms with Crippen molar-refractivity contribution in [2.45, 2.75) is 26.3 Å². The smallest absolute Gasteiger partial charge is 0.268 e. The fourth-order valence-corrected chi connectivity index (χ4v) is 2.13. The molecule has 0 bridgehead atoms. The maximum atomic E-state index is 6.13. The zero-order valence-electron chi connectivity index (χ0n) is 10.9. The van der Waals surface area contributed by atoms with Crippen LogP contribution in [0.4, 0.5) is 5.82 Å². The Bertz CT molecular complexity index is 665. The molecule has 1 atom stereocenters. The number of hydrogen-bond donors (Lipinski definition) is 1. The molecule has 1 aliphatic carbocycles. The van der Waals surface area contributed by atoms with E-state index in [1.807, 2.05) is 23.8 Å². The average molecular weight is 257 g/mol. The predicted octanol–water partition coefficient (Wildman–Crippen LogP) is 2.19. The van der Waals surface area contributed by atoms with Crippen LogP contribution in [0.2, 0.25) is 0 Å². The van der Waals surface area contributed by atoms with E-state index in [0.29, 0.717) is 23.3 Å². The summed E-state index contributed by atoms with van der Waals surface area (Å²) in [6.07, 6.45) is 9.07. The number of allylic oxidation sites excluding steroid dienone is 4. The minimum Gasteiger partial charge on any atom is -0.420 e. The molecule has 98 valence electrons. The van der Waals surface area contributed by atoms with Crippen molar-refractivity contribution in [3.05, 3.63) is 35.8 Å². The molecule has 0 spiro atoms. The van der Waals surface area contributed by atoms with Gasteiger partial charge in [0.2, 0.25) is 5.89 Å². The van der Waals surface area contributed by atoms with E-state index >= 15 is 0 Å². The van der Waals surface area contributed by atoms with Crippen LogP contribution in [-0.2, 0) is 0 Å². The highest BCUT2D eigenvalue weighted by atomic mass is 16.4. The van der Waals surface area contributed by atoms with Crippen molar-refractivity contribution in [3.8, 4) is 11.6 Å². The van der Waals surface area contributed by atoms with Crippen molar-refractivity contribution in [2.24, 2.45) is 0 Å². The van der Waals surface area contributed by atoms with Crippen molar-refractivity contribution < 1.29 is 4.42 Å². The van der Waals surface area contributed by atoms with Gasteiger partial charge in [-0.05, 0) is 13.3 Å². The summed E-state index contributed by atoms with van der Waals surface area (Å²) in [4.78, 5) is 0. The Hall–Kier alpha value is -2.37. The number of nitrogens with zero attached hydrogens (tertiary/aromatic N) is 4. The molecule has 0 saturated heterocycles. The lowest BCUT2D eigenvalue weighted by Crippen LogP contribution is -2.12. The van der Waals surface area contributed by atoms with Gasteiger partial charge in [-0.15, -0.1) is 10.2 Å². The minimum absolute atomic E-state index is 0.140. The quantitative estimate of drug-likeness (QED) is 0.891. The van der Waals surface area contributed by atoms with Crippen LogP contribution in [0.25, 0.3) is 11.6 Å². The number of nitrogens with two attached hydrogens (primary N) is 1. The third-order valence-corrected chi connectivity index (χ3v) is 3.19. The van der Waals surface area contributed by atoms with E-state index in [0.717, 1.165) is 12.0 Å². The topological polar surface area (TPSA) is 82.8 Å². The SMILES string of the molecule is Cc1nnc(-c2nn(C3C=CC=CC3)c(N)c2C)o1. The molecule has 0 amide bonds. The second kappa shape index (κ2) is 4.38. The van der Waals surface area contributed by atoms with Gasteiger partial charge in [0.15, 0.2) is 5.69 Å². The zero-order valence-corrected chi connectivity index (χ0v) is 10.9. The van der Waals surface area contributed by atoms with Gasteiger partial charge >= 0.3 is 0 Å². The molecule has 3 rings (SSSR count). The van der Waals surface area contributed by atoms with E-state index in [-0.39, 0.29) is 6.04 Å². The molecule has 0 radical (unpaired) electrons. The maximum Gasteiger partial charge on any atom is 0.268 e. The lowest BCUT2D eigenvalue weighted by Gasteiger charge is -2.15. The highest BCUT2D eigenvalue weighted by Crippen LogP contribution is 2.29. The third-order valence-electron chi connectivity index (χ3n) is 3.19. The lowest BCUT2D eigenvalue weighted by atomic mass is 10.1. The lowest BCUT2D eigenvalue weighted by molar-refractivity contribution is 0.521. The van der Waals surface area contributed by atoms with Crippen molar-refractivity contribution in [2.75, 3.05) is 5.73 Å². The molecule has 0 fully saturated rings. The van der Waals surface area contributed by atoms with Crippen LogP contribution >= 0.6 is 0 Å². The van der Waals surface area contributed by atoms with Gasteiger partial charge in [0.05, 0.1) is 6.04 Å². The molecule has 1 unspecified atom stereocenters. The molecule has 2 heterocycles. The Morgan fingerprint density at radius 3 is 2.79 bits per heavy atom. The summed E-state index contributed by atoms with van der Waals surface area (Å²) in [6.45, 7) is 3.66. The van der Waals surface area contributed by atoms with Crippen molar-refractivity contribution in [3.63, 3.8) is 0 Å². The number of rotatable bonds is 2. The summed E-state index contributed by atoms with van der Waals surface area (Å²) in [7, 11) is 0. The van der Waals surface area contributed by atoms with E-state index in [1.165, 1.54) is 0 Å². The standard InChI is InChI=1S/C13H15N5O/c1-8-11(13-16-15-9(2)19-13)17-18(12(8)14)10-6-4-3-5-7-10/h3-6,10H,7,14H2,1-2H3. The molecule has 2 aromatic heterocycles. The molecule has 0 aromatic carbocycles. The maximum absolute atomic E-state index is 6.13. The van der Waals surface area contributed by atoms with Crippen LogP contribution in [0, 0.1) is 13.8 Å². The Morgan fingerprint density at radius 2 is 2.16 bits per heavy atom. The first kappa shape index (κ1) is 11.7. The van der Waals surface area contributed by atoms with Gasteiger partial charge in [-0.25, -0.2) is 4.68 Å². The Labute approximate surface area is 110 Å². The Morgan fingerprint density at radius 1 is 1.32 bits per heavy atom. The van der Waals surface area contributed by atoms with Crippen LogP contribution in [0.15, 0.2) is 28.7 Å². The monoisotopic (exact) mass is 257 g/mol. The fraction of sp³-hybridized carbons (Fsp3) is 0.308. The van der Waals surface area contributed by atoms with Gasteiger partial charge in [0, 0.05) is 12.5 Å². The van der Waals surface area contributed by atoms with E-state index in [1.54, 1.807) is 6.92 Å². The molecular formula is C13H15N5O. The molecule has 6 nitrogen and oxygen atoms in total. The molecule has 1 aliphatic rings. The summed E-state index contributed by atoms with van der Waals surface area (Å²) in [6, 6.07) is 0.140. The summed E-state index contributed by atoms with van der Waals surface area (Å²) < 4.78 is 7.23. The first-order valence-electron chi connectivity index (χ1n) is 6.15. The van der Waals surface area contributed by atoms with E-state index in [9.17, 15) is 0 Å². The van der Waals surface area contributed by atoms with Gasteiger partial charge in [-0.3, -0.25) is 0 Å². The van der Waals surface area contributed by atoms with Crippen molar-refractivity contribution in [1.29, 1.82) is 0 Å². The number of aromatic nitrogens is 4. The second-order valence-electron chi connectivity index (χ2n) is 4.55. The summed E-state index contributed by atoms with van der Waals surface area (Å²) in [5, 5.41) is 12.3. The number of aryl methyl sites for hydroxylation is 1. The average Bonchev–Trinajstić information content (AvgIpc) is 2.97. The van der Waals surface area contributed by atoms with Gasteiger partial charge in [0.25, 0.3) is 5.89 Å². The molecule has 0 saturated carbocycles. The second-order valence-corrected chi connectivity index (χ2v) is 4.55. The molecule has 2 N–H and O–H groups in total. The van der Waals surface area contributed by atoms with E-state index in [2.05, 4.69) is 27.4 Å². The zero-order chi connectivity index (χ0) is 13.4. The summed E-state index contributed by atoms with van der Waals surface area (Å²) in [5.41, 5.74) is 7.65. The Balaban J connectivity index is 2.04. The van der Waals surface area contributed by atoms with Crippen molar-refractivity contribution >= 4 is 5.82 Å². The van der Waals surface area contributed by atoms with Crippen LogP contribution in [-0.4, -0.2) is 20.0 Å². The molecule has 6 heteroatoms. The van der Waals surface area contributed by atoms with E-state index < -0.39 is 0 Å². The first-order chi connectivity index (χ1) is 9.16. The van der Waals surface area contributed by atoms with Crippen LogP contribution in [0.1, 0.15) is 23.9 Å². The highest BCUT2D eigenvalue weighted by Gasteiger charge is 2.21. The minimum atomic E-state index is 0.140. The summed E-state index contributed by atoms with van der Waals surface area (Å²) in [5.74, 6) is 1.56. The number of anilines is 1. The first-order valence-corrected chi connectivity index (χ1v) is 6.15. The molecular weight excluding hydrogens is 242 g/mol. The largest absolute Gasteiger partial charge is 0.420 e. The Kier molecular flexibility index (Phi) is 2.70. The molecule has 2 aromatic rings. The highest BCUT2D eigenvalue weighted by molar-refractivity contribution is 5.61. The normalized spacial score (nSPS) is 18.1. The number of nitrogen functional groups attached to an aromatic ring is 1. The van der Waals surface area contributed by atoms with Gasteiger partial charge in [-0.2, -0.15) is 5.10 Å². The van der Waals surface area contributed by atoms with Gasteiger partial charge in [-0.1, -0.05) is 24.3 Å². The molecule has 19 heavy (non-hydrogen) atoms. The van der Waals surface area contributed by atoms with Crippen LogP contribution < -0.4 is 5.73 Å². The van der Waals surface area contributed by atoms with Gasteiger partial charge < -0.3 is 10.2 Å². The van der Waals surface area contributed by atoms with Crippen LogP contribution in [0.3, 0.4) is 0 Å². The van der Waals surface area contributed by atoms with Crippen LogP contribution in [0.5, 0.6) is 0 Å². The third kappa shape index (κ3) is 1.95. The summed E-state index contributed by atoms with van der Waals surface area (Å²) >= 11 is 0.